The molecule has 0 amide bonds. The van der Waals surface area contributed by atoms with Gasteiger partial charge in [-0.25, -0.2) is 0 Å². The van der Waals surface area contributed by atoms with Crippen molar-refractivity contribution in [2.24, 2.45) is 5.41 Å². The third kappa shape index (κ3) is 12.1. The van der Waals surface area contributed by atoms with Crippen molar-refractivity contribution in [3.63, 3.8) is 0 Å². The van der Waals surface area contributed by atoms with Crippen LogP contribution in [0.4, 0.5) is 0 Å². The Morgan fingerprint density at radius 1 is 1.06 bits per heavy atom. The lowest BCUT2D eigenvalue weighted by Crippen LogP contribution is -2.31. The third-order valence-corrected chi connectivity index (χ3v) is 2.92. The van der Waals surface area contributed by atoms with E-state index in [-0.39, 0.29) is 0 Å². The maximum Gasteiger partial charge on any atom is 0.0700 e. The van der Waals surface area contributed by atoms with Crippen LogP contribution in [0.5, 0.6) is 0 Å². The molecule has 3 heteroatoms. The van der Waals surface area contributed by atoms with Crippen molar-refractivity contribution in [1.82, 2.24) is 5.32 Å². The highest BCUT2D eigenvalue weighted by Crippen LogP contribution is 2.22. The summed E-state index contributed by atoms with van der Waals surface area (Å²) >= 11 is 0. The number of hydrogen-bond acceptors (Lipinski definition) is 3. The van der Waals surface area contributed by atoms with E-state index < -0.39 is 0 Å². The Kier molecular flexibility index (Phi) is 10.9. The average molecular weight is 245 g/mol. The Morgan fingerprint density at radius 3 is 2.47 bits per heavy atom. The van der Waals surface area contributed by atoms with Crippen molar-refractivity contribution in [1.29, 1.82) is 0 Å². The number of rotatable bonds is 12. The van der Waals surface area contributed by atoms with Gasteiger partial charge in [-0.15, -0.1) is 0 Å². The van der Waals surface area contributed by atoms with Gasteiger partial charge in [0.2, 0.25) is 0 Å². The molecule has 0 bridgehead atoms. The summed E-state index contributed by atoms with van der Waals surface area (Å²) in [6.45, 7) is 11.1. The predicted octanol–water partition coefficient (Wildman–Crippen LogP) is 2.85. The number of hydrogen-bond donors (Lipinski definition) is 1. The van der Waals surface area contributed by atoms with E-state index in [1.54, 1.807) is 7.11 Å². The van der Waals surface area contributed by atoms with Crippen LogP contribution in [-0.2, 0) is 9.47 Å². The molecule has 0 aliphatic carbocycles. The van der Waals surface area contributed by atoms with Gasteiger partial charge in [0.05, 0.1) is 19.8 Å². The lowest BCUT2D eigenvalue weighted by atomic mass is 9.87. The van der Waals surface area contributed by atoms with Gasteiger partial charge in [-0.3, -0.25) is 0 Å². The van der Waals surface area contributed by atoms with Gasteiger partial charge in [0.1, 0.15) is 0 Å². The molecular weight excluding hydrogens is 214 g/mol. The first-order chi connectivity index (χ1) is 8.12. The summed E-state index contributed by atoms with van der Waals surface area (Å²) in [7, 11) is 1.69. The Labute approximate surface area is 107 Å². The highest BCUT2D eigenvalue weighted by Gasteiger charge is 2.16. The second-order valence-corrected chi connectivity index (χ2v) is 5.40. The highest BCUT2D eigenvalue weighted by molar-refractivity contribution is 4.71. The van der Waals surface area contributed by atoms with E-state index in [0.29, 0.717) is 18.6 Å². The van der Waals surface area contributed by atoms with Crippen LogP contribution in [0.25, 0.3) is 0 Å². The number of unbranched alkanes of at least 4 members (excludes halogenated alkanes) is 2. The van der Waals surface area contributed by atoms with Crippen LogP contribution < -0.4 is 5.32 Å². The Balaban J connectivity index is 3.32. The predicted molar refractivity (Wildman–Crippen MR) is 73.5 cm³/mol. The van der Waals surface area contributed by atoms with Crippen LogP contribution in [0.2, 0.25) is 0 Å². The first-order valence-corrected chi connectivity index (χ1v) is 6.90. The van der Waals surface area contributed by atoms with Crippen LogP contribution in [0, 0.1) is 5.41 Å². The molecule has 0 fully saturated rings. The SMILES string of the molecule is CCCCCC(C)(C)CNCCOCCOC. The van der Waals surface area contributed by atoms with E-state index in [2.05, 4.69) is 26.1 Å². The molecular formula is C14H31NO2. The van der Waals surface area contributed by atoms with Crippen LogP contribution >= 0.6 is 0 Å². The molecule has 0 aromatic rings. The minimum atomic E-state index is 0.404. The minimum Gasteiger partial charge on any atom is -0.382 e. The summed E-state index contributed by atoms with van der Waals surface area (Å²) < 4.78 is 10.3. The summed E-state index contributed by atoms with van der Waals surface area (Å²) in [6.07, 6.45) is 5.30. The molecule has 1 N–H and O–H groups in total. The van der Waals surface area contributed by atoms with Crippen molar-refractivity contribution in [2.45, 2.75) is 46.5 Å². The molecule has 17 heavy (non-hydrogen) atoms. The van der Waals surface area contributed by atoms with Gasteiger partial charge in [0, 0.05) is 20.2 Å². The van der Waals surface area contributed by atoms with E-state index in [0.717, 1.165) is 19.7 Å². The van der Waals surface area contributed by atoms with E-state index in [9.17, 15) is 0 Å². The molecule has 0 unspecified atom stereocenters. The van der Waals surface area contributed by atoms with Crippen molar-refractivity contribution >= 4 is 0 Å². The fourth-order valence-electron chi connectivity index (χ4n) is 1.76. The van der Waals surface area contributed by atoms with E-state index in [1.165, 1.54) is 25.7 Å². The Hall–Kier alpha value is -0.120. The molecule has 104 valence electrons. The number of nitrogens with one attached hydrogen (secondary N) is 1. The molecule has 0 aromatic heterocycles. The topological polar surface area (TPSA) is 30.5 Å². The van der Waals surface area contributed by atoms with Crippen LogP contribution in [0.15, 0.2) is 0 Å². The summed E-state index contributed by atoms with van der Waals surface area (Å²) in [5.41, 5.74) is 0.404. The van der Waals surface area contributed by atoms with Crippen molar-refractivity contribution in [3.05, 3.63) is 0 Å². The zero-order valence-electron chi connectivity index (χ0n) is 12.2. The van der Waals surface area contributed by atoms with E-state index in [1.807, 2.05) is 0 Å². The van der Waals surface area contributed by atoms with Gasteiger partial charge in [-0.1, -0.05) is 40.0 Å². The van der Waals surface area contributed by atoms with Crippen molar-refractivity contribution < 1.29 is 9.47 Å². The monoisotopic (exact) mass is 245 g/mol. The summed E-state index contributed by atoms with van der Waals surface area (Å²) in [5.74, 6) is 0. The molecule has 0 aliphatic rings. The Bertz CT molecular complexity index is 160. The normalized spacial score (nSPS) is 12.0. The molecule has 3 nitrogen and oxygen atoms in total. The molecule has 0 atom stereocenters. The minimum absolute atomic E-state index is 0.404. The van der Waals surface area contributed by atoms with Crippen LogP contribution in [-0.4, -0.2) is 40.0 Å². The average Bonchev–Trinajstić information content (AvgIpc) is 2.28. The third-order valence-electron chi connectivity index (χ3n) is 2.92. The van der Waals surface area contributed by atoms with Crippen molar-refractivity contribution in [3.8, 4) is 0 Å². The summed E-state index contributed by atoms with van der Waals surface area (Å²) in [5, 5.41) is 3.46. The van der Waals surface area contributed by atoms with Crippen molar-refractivity contribution in [2.75, 3.05) is 40.0 Å². The molecule has 0 aromatic carbocycles. The molecule has 0 heterocycles. The first-order valence-electron chi connectivity index (χ1n) is 6.90. The van der Waals surface area contributed by atoms with Gasteiger partial charge in [0.15, 0.2) is 0 Å². The largest absolute Gasteiger partial charge is 0.382 e. The van der Waals surface area contributed by atoms with Crippen LogP contribution in [0.3, 0.4) is 0 Å². The van der Waals surface area contributed by atoms with Crippen LogP contribution in [0.1, 0.15) is 46.5 Å². The fourth-order valence-corrected chi connectivity index (χ4v) is 1.76. The Morgan fingerprint density at radius 2 is 1.82 bits per heavy atom. The smallest absolute Gasteiger partial charge is 0.0700 e. The molecule has 0 spiro atoms. The fraction of sp³-hybridized carbons (Fsp3) is 1.00. The highest BCUT2D eigenvalue weighted by atomic mass is 16.5. The zero-order chi connectivity index (χ0) is 13.0. The van der Waals surface area contributed by atoms with Gasteiger partial charge in [-0.05, 0) is 11.8 Å². The summed E-state index contributed by atoms with van der Waals surface area (Å²) in [4.78, 5) is 0. The van der Waals surface area contributed by atoms with Gasteiger partial charge < -0.3 is 14.8 Å². The van der Waals surface area contributed by atoms with Gasteiger partial charge >= 0.3 is 0 Å². The molecule has 0 rings (SSSR count). The van der Waals surface area contributed by atoms with Gasteiger partial charge in [-0.2, -0.15) is 0 Å². The zero-order valence-corrected chi connectivity index (χ0v) is 12.2. The maximum absolute atomic E-state index is 5.40. The van der Waals surface area contributed by atoms with E-state index in [4.69, 9.17) is 9.47 Å². The van der Waals surface area contributed by atoms with Gasteiger partial charge in [0.25, 0.3) is 0 Å². The second kappa shape index (κ2) is 11.0. The number of ether oxygens (including phenoxy) is 2. The van der Waals surface area contributed by atoms with E-state index >= 15 is 0 Å². The quantitative estimate of drug-likeness (QED) is 0.536. The summed E-state index contributed by atoms with van der Waals surface area (Å²) in [6, 6.07) is 0. The molecule has 0 saturated carbocycles. The lowest BCUT2D eigenvalue weighted by Gasteiger charge is -2.25. The number of methoxy groups -OCH3 is 1. The lowest BCUT2D eigenvalue weighted by molar-refractivity contribution is 0.0710. The molecule has 0 radical (unpaired) electrons. The standard InChI is InChI=1S/C14H31NO2/c1-5-6-7-8-14(2,3)13-15-9-10-17-12-11-16-4/h15H,5-13H2,1-4H3. The second-order valence-electron chi connectivity index (χ2n) is 5.40. The molecule has 0 saturated heterocycles. The molecule has 0 aliphatic heterocycles. The first kappa shape index (κ1) is 16.9. The maximum atomic E-state index is 5.40.